The second-order valence-electron chi connectivity index (χ2n) is 3.65. The van der Waals surface area contributed by atoms with Gasteiger partial charge in [-0.25, -0.2) is 9.78 Å². The fraction of sp³-hybridized carbons (Fsp3) is 0.0769. The Hall–Kier alpha value is -1.34. The summed E-state index contributed by atoms with van der Waals surface area (Å²) in [6, 6.07) is 11.1. The first-order chi connectivity index (χ1) is 9.16. The molecule has 0 spiro atoms. The van der Waals surface area contributed by atoms with Crippen molar-refractivity contribution in [2.24, 2.45) is 0 Å². The second-order valence-corrected chi connectivity index (χ2v) is 5.09. The van der Waals surface area contributed by atoms with Crippen LogP contribution in [0.2, 0.25) is 5.15 Å². The molecular formula is C13H10ClIN2O2. The molecule has 1 aromatic carbocycles. The van der Waals surface area contributed by atoms with Gasteiger partial charge in [-0.05, 0) is 34.2 Å². The van der Waals surface area contributed by atoms with Crippen molar-refractivity contribution in [1.29, 1.82) is 0 Å². The molecular weight excluding hydrogens is 379 g/mol. The van der Waals surface area contributed by atoms with E-state index >= 15 is 0 Å². The molecule has 0 aliphatic rings. The number of nitrogens with one attached hydrogen (secondary N) is 1. The van der Waals surface area contributed by atoms with Crippen molar-refractivity contribution >= 4 is 46.0 Å². The minimum Gasteiger partial charge on any atom is -0.444 e. The number of nitrogens with zero attached hydrogens (tertiary/aromatic N) is 1. The Balaban J connectivity index is 1.93. The van der Waals surface area contributed by atoms with Crippen molar-refractivity contribution in [3.05, 3.63) is 56.9 Å². The van der Waals surface area contributed by atoms with E-state index in [1.807, 2.05) is 52.9 Å². The molecule has 1 amide bonds. The smallest absolute Gasteiger partial charge is 0.411 e. The van der Waals surface area contributed by atoms with Gasteiger partial charge in [-0.15, -0.1) is 0 Å². The van der Waals surface area contributed by atoms with Gasteiger partial charge in [0.1, 0.15) is 11.8 Å². The number of rotatable bonds is 3. The van der Waals surface area contributed by atoms with E-state index in [1.54, 1.807) is 6.07 Å². The summed E-state index contributed by atoms with van der Waals surface area (Å²) in [7, 11) is 0. The molecule has 2 aromatic rings. The van der Waals surface area contributed by atoms with Crippen LogP contribution >= 0.6 is 34.2 Å². The van der Waals surface area contributed by atoms with Crippen molar-refractivity contribution in [3.63, 3.8) is 0 Å². The topological polar surface area (TPSA) is 51.2 Å². The van der Waals surface area contributed by atoms with Gasteiger partial charge in [-0.3, -0.25) is 5.32 Å². The van der Waals surface area contributed by atoms with E-state index in [-0.39, 0.29) is 6.61 Å². The third-order valence-electron chi connectivity index (χ3n) is 2.30. The van der Waals surface area contributed by atoms with Crippen LogP contribution in [0.3, 0.4) is 0 Å². The monoisotopic (exact) mass is 388 g/mol. The lowest BCUT2D eigenvalue weighted by molar-refractivity contribution is 0.155. The first kappa shape index (κ1) is 14.1. The lowest BCUT2D eigenvalue weighted by Gasteiger charge is -2.08. The first-order valence-corrected chi connectivity index (χ1v) is 6.90. The molecule has 0 fully saturated rings. The number of ether oxygens (including phenoxy) is 1. The molecule has 1 aromatic heterocycles. The molecule has 0 atom stereocenters. The molecule has 0 bridgehead atoms. The highest BCUT2D eigenvalue weighted by molar-refractivity contribution is 14.1. The summed E-state index contributed by atoms with van der Waals surface area (Å²) in [4.78, 5) is 15.6. The Kier molecular flexibility index (Phi) is 4.98. The van der Waals surface area contributed by atoms with E-state index in [4.69, 9.17) is 16.3 Å². The van der Waals surface area contributed by atoms with Crippen LogP contribution in [0.1, 0.15) is 5.56 Å². The Labute approximate surface area is 129 Å². The SMILES string of the molecule is O=C(Nc1ccnc(Cl)c1I)OCc1ccccc1. The summed E-state index contributed by atoms with van der Waals surface area (Å²) in [6.07, 6.45) is 1.00. The summed E-state index contributed by atoms with van der Waals surface area (Å²) >= 11 is 7.87. The molecule has 0 saturated heterocycles. The molecule has 0 aliphatic carbocycles. The number of pyridine rings is 1. The highest BCUT2D eigenvalue weighted by atomic mass is 127. The Morgan fingerprint density at radius 1 is 1.32 bits per heavy atom. The number of anilines is 1. The maximum Gasteiger partial charge on any atom is 0.411 e. The van der Waals surface area contributed by atoms with Gasteiger partial charge in [0, 0.05) is 6.20 Å². The standard InChI is InChI=1S/C13H10ClIN2O2/c14-12-11(15)10(6-7-16-12)17-13(18)19-8-9-4-2-1-3-5-9/h1-7H,8H2,(H,16,17,18). The maximum atomic E-state index is 11.6. The van der Waals surface area contributed by atoms with Crippen LogP contribution in [0.5, 0.6) is 0 Å². The van der Waals surface area contributed by atoms with Gasteiger partial charge in [-0.1, -0.05) is 41.9 Å². The van der Waals surface area contributed by atoms with Gasteiger partial charge in [0.15, 0.2) is 0 Å². The summed E-state index contributed by atoms with van der Waals surface area (Å²) < 4.78 is 5.79. The molecule has 0 unspecified atom stereocenters. The summed E-state index contributed by atoms with van der Waals surface area (Å²) in [6.45, 7) is 0.224. The van der Waals surface area contributed by atoms with E-state index in [0.29, 0.717) is 14.4 Å². The molecule has 98 valence electrons. The number of carbonyl (C=O) groups is 1. The third kappa shape index (κ3) is 4.07. The average molecular weight is 389 g/mol. The molecule has 1 N–H and O–H groups in total. The third-order valence-corrected chi connectivity index (χ3v) is 3.99. The van der Waals surface area contributed by atoms with E-state index < -0.39 is 6.09 Å². The van der Waals surface area contributed by atoms with E-state index in [2.05, 4.69) is 10.3 Å². The minimum atomic E-state index is -0.524. The fourth-order valence-corrected chi connectivity index (χ4v) is 2.00. The molecule has 0 aliphatic heterocycles. The normalized spacial score (nSPS) is 10.0. The molecule has 0 radical (unpaired) electrons. The number of halogens is 2. The molecule has 0 saturated carbocycles. The Morgan fingerprint density at radius 3 is 2.79 bits per heavy atom. The summed E-state index contributed by atoms with van der Waals surface area (Å²) in [5, 5.41) is 2.98. The summed E-state index contributed by atoms with van der Waals surface area (Å²) in [5.74, 6) is 0. The average Bonchev–Trinajstić information content (AvgIpc) is 2.43. The van der Waals surface area contributed by atoms with Crippen LogP contribution in [0.25, 0.3) is 0 Å². The zero-order valence-corrected chi connectivity index (χ0v) is 12.7. The second kappa shape index (κ2) is 6.72. The highest BCUT2D eigenvalue weighted by Gasteiger charge is 2.09. The van der Waals surface area contributed by atoms with Crippen LogP contribution in [0.15, 0.2) is 42.6 Å². The van der Waals surface area contributed by atoms with Crippen molar-refractivity contribution in [3.8, 4) is 0 Å². The lowest BCUT2D eigenvalue weighted by Crippen LogP contribution is -2.14. The predicted octanol–water partition coefficient (Wildman–Crippen LogP) is 4.09. The molecule has 4 nitrogen and oxygen atoms in total. The van der Waals surface area contributed by atoms with Crippen molar-refractivity contribution in [2.45, 2.75) is 6.61 Å². The van der Waals surface area contributed by atoms with Crippen molar-refractivity contribution in [1.82, 2.24) is 4.98 Å². The number of aromatic nitrogens is 1. The van der Waals surface area contributed by atoms with E-state index in [1.165, 1.54) is 6.20 Å². The Bertz CT molecular complexity index is 578. The number of amides is 1. The van der Waals surface area contributed by atoms with Gasteiger partial charge < -0.3 is 4.74 Å². The van der Waals surface area contributed by atoms with Crippen molar-refractivity contribution in [2.75, 3.05) is 5.32 Å². The minimum absolute atomic E-state index is 0.224. The largest absolute Gasteiger partial charge is 0.444 e. The van der Waals surface area contributed by atoms with Crippen LogP contribution in [-0.4, -0.2) is 11.1 Å². The van der Waals surface area contributed by atoms with Crippen LogP contribution < -0.4 is 5.32 Å². The fourth-order valence-electron chi connectivity index (χ4n) is 1.38. The molecule has 19 heavy (non-hydrogen) atoms. The number of hydrogen-bond donors (Lipinski definition) is 1. The lowest BCUT2D eigenvalue weighted by atomic mass is 10.2. The highest BCUT2D eigenvalue weighted by Crippen LogP contribution is 2.23. The van der Waals surface area contributed by atoms with Gasteiger partial charge >= 0.3 is 6.09 Å². The Morgan fingerprint density at radius 2 is 2.05 bits per heavy atom. The number of benzene rings is 1. The number of hydrogen-bond acceptors (Lipinski definition) is 3. The quantitative estimate of drug-likeness (QED) is 0.636. The maximum absolute atomic E-state index is 11.6. The van der Waals surface area contributed by atoms with Gasteiger partial charge in [0.25, 0.3) is 0 Å². The molecule has 2 rings (SSSR count). The first-order valence-electron chi connectivity index (χ1n) is 5.44. The van der Waals surface area contributed by atoms with Gasteiger partial charge in [0.2, 0.25) is 0 Å². The van der Waals surface area contributed by atoms with Crippen LogP contribution in [-0.2, 0) is 11.3 Å². The van der Waals surface area contributed by atoms with E-state index in [9.17, 15) is 4.79 Å². The summed E-state index contributed by atoms with van der Waals surface area (Å²) in [5.41, 5.74) is 1.51. The van der Waals surface area contributed by atoms with Crippen molar-refractivity contribution < 1.29 is 9.53 Å². The van der Waals surface area contributed by atoms with Crippen LogP contribution in [0.4, 0.5) is 10.5 Å². The van der Waals surface area contributed by atoms with Gasteiger partial charge in [-0.2, -0.15) is 0 Å². The zero-order valence-electron chi connectivity index (χ0n) is 9.77. The molecule has 6 heteroatoms. The van der Waals surface area contributed by atoms with Crippen LogP contribution in [0, 0.1) is 3.57 Å². The molecule has 1 heterocycles. The van der Waals surface area contributed by atoms with Gasteiger partial charge in [0.05, 0.1) is 9.26 Å². The predicted molar refractivity (Wildman–Crippen MR) is 82.2 cm³/mol. The number of carbonyl (C=O) groups excluding carboxylic acids is 1. The zero-order chi connectivity index (χ0) is 13.7. The van der Waals surface area contributed by atoms with E-state index in [0.717, 1.165) is 5.56 Å².